The molecule has 1 amide bonds. The summed E-state index contributed by atoms with van der Waals surface area (Å²) in [7, 11) is 0. The minimum atomic E-state index is -0.222. The largest absolute Gasteiger partial charge is 0.392 e. The molecule has 0 saturated carbocycles. The molecule has 0 radical (unpaired) electrons. The van der Waals surface area contributed by atoms with Crippen molar-refractivity contribution in [2.24, 2.45) is 11.7 Å². The molecule has 1 aromatic rings. The van der Waals surface area contributed by atoms with Gasteiger partial charge in [-0.05, 0) is 23.5 Å². The van der Waals surface area contributed by atoms with Gasteiger partial charge in [0.15, 0.2) is 0 Å². The van der Waals surface area contributed by atoms with Crippen LogP contribution >= 0.6 is 12.2 Å². The molecular formula is C14H18N2OS. The van der Waals surface area contributed by atoms with Crippen LogP contribution in [0.4, 0.5) is 0 Å². The molecule has 1 aliphatic carbocycles. The Bertz CT molecular complexity index is 484. The second kappa shape index (κ2) is 5.06. The molecule has 0 bridgehead atoms. The summed E-state index contributed by atoms with van der Waals surface area (Å²) in [6, 6.07) is 7.81. The van der Waals surface area contributed by atoms with Crippen LogP contribution < -0.4 is 11.1 Å². The van der Waals surface area contributed by atoms with Crippen molar-refractivity contribution >= 4 is 23.1 Å². The Morgan fingerprint density at radius 2 is 2.11 bits per heavy atom. The fourth-order valence-corrected chi connectivity index (χ4v) is 2.64. The van der Waals surface area contributed by atoms with Gasteiger partial charge < -0.3 is 11.1 Å². The van der Waals surface area contributed by atoms with Crippen LogP contribution in [0.2, 0.25) is 0 Å². The Balaban J connectivity index is 2.04. The van der Waals surface area contributed by atoms with E-state index < -0.39 is 0 Å². The lowest BCUT2D eigenvalue weighted by molar-refractivity contribution is -0.123. The van der Waals surface area contributed by atoms with Gasteiger partial charge in [-0.15, -0.1) is 0 Å². The van der Waals surface area contributed by atoms with E-state index in [1.807, 2.05) is 32.0 Å². The van der Waals surface area contributed by atoms with E-state index in [2.05, 4.69) is 11.4 Å². The molecule has 96 valence electrons. The molecule has 18 heavy (non-hydrogen) atoms. The number of benzene rings is 1. The lowest BCUT2D eigenvalue weighted by Crippen LogP contribution is -2.49. The maximum absolute atomic E-state index is 12.2. The van der Waals surface area contributed by atoms with Gasteiger partial charge in [0.2, 0.25) is 5.91 Å². The highest BCUT2D eigenvalue weighted by molar-refractivity contribution is 7.80. The predicted octanol–water partition coefficient (Wildman–Crippen LogP) is 1.75. The number of nitrogens with two attached hydrogens (primary N) is 1. The van der Waals surface area contributed by atoms with E-state index >= 15 is 0 Å². The van der Waals surface area contributed by atoms with Crippen molar-refractivity contribution in [3.8, 4) is 0 Å². The fourth-order valence-electron chi connectivity index (χ4n) is 2.31. The molecule has 0 fully saturated rings. The van der Waals surface area contributed by atoms with Crippen LogP contribution in [0, 0.1) is 5.92 Å². The van der Waals surface area contributed by atoms with E-state index in [0.29, 0.717) is 4.99 Å². The Kier molecular flexibility index (Phi) is 3.66. The van der Waals surface area contributed by atoms with Crippen molar-refractivity contribution in [1.29, 1.82) is 0 Å². The number of carbonyl (C=O) groups excluding carboxylic acids is 1. The van der Waals surface area contributed by atoms with Crippen LogP contribution in [0.1, 0.15) is 30.9 Å². The van der Waals surface area contributed by atoms with Crippen molar-refractivity contribution in [3.05, 3.63) is 35.4 Å². The molecule has 3 nitrogen and oxygen atoms in total. The molecule has 0 aromatic heterocycles. The molecule has 0 aliphatic heterocycles. The summed E-state index contributed by atoms with van der Waals surface area (Å²) in [5.41, 5.74) is 8.04. The van der Waals surface area contributed by atoms with E-state index in [-0.39, 0.29) is 23.8 Å². The summed E-state index contributed by atoms with van der Waals surface area (Å²) in [4.78, 5) is 12.5. The van der Waals surface area contributed by atoms with Crippen LogP contribution in [0.15, 0.2) is 24.3 Å². The monoisotopic (exact) mass is 262 g/mol. The second-order valence-electron chi connectivity index (χ2n) is 5.09. The Labute approximate surface area is 113 Å². The van der Waals surface area contributed by atoms with E-state index in [1.165, 1.54) is 5.56 Å². The number of amides is 1. The summed E-state index contributed by atoms with van der Waals surface area (Å²) in [5, 5.41) is 2.95. The normalized spacial score (nSPS) is 18.7. The molecule has 1 aliphatic rings. The fraction of sp³-hybridized carbons (Fsp3) is 0.429. The van der Waals surface area contributed by atoms with Gasteiger partial charge in [0.25, 0.3) is 0 Å². The molecular weight excluding hydrogens is 244 g/mol. The second-order valence-corrected chi connectivity index (χ2v) is 5.56. The molecule has 0 heterocycles. The van der Waals surface area contributed by atoms with Gasteiger partial charge >= 0.3 is 0 Å². The van der Waals surface area contributed by atoms with Crippen molar-refractivity contribution in [1.82, 2.24) is 5.32 Å². The zero-order valence-corrected chi connectivity index (χ0v) is 11.5. The zero-order chi connectivity index (χ0) is 13.3. The quantitative estimate of drug-likeness (QED) is 0.813. The third kappa shape index (κ3) is 2.38. The standard InChI is InChI=1S/C14H18N2OS/c1-8(2)12(13(15)18)16-14(17)11-7-9-5-3-4-6-10(9)11/h3-6,8,11-12H,7H2,1-2H3,(H2,15,18)(H,16,17). The molecule has 2 rings (SSSR count). The molecule has 2 unspecified atom stereocenters. The third-order valence-electron chi connectivity index (χ3n) is 3.44. The van der Waals surface area contributed by atoms with Crippen LogP contribution in [0.3, 0.4) is 0 Å². The SMILES string of the molecule is CC(C)C(NC(=O)C1Cc2ccccc21)C(N)=S. The lowest BCUT2D eigenvalue weighted by Gasteiger charge is -2.31. The average Bonchev–Trinajstić information content (AvgIpc) is 2.26. The highest BCUT2D eigenvalue weighted by atomic mass is 32.1. The first-order valence-electron chi connectivity index (χ1n) is 6.18. The number of nitrogens with one attached hydrogen (secondary N) is 1. The molecule has 0 saturated heterocycles. The smallest absolute Gasteiger partial charge is 0.228 e. The van der Waals surface area contributed by atoms with E-state index in [0.717, 1.165) is 12.0 Å². The summed E-state index contributed by atoms with van der Waals surface area (Å²) in [6.45, 7) is 4.00. The van der Waals surface area contributed by atoms with Crippen molar-refractivity contribution < 1.29 is 4.79 Å². The van der Waals surface area contributed by atoms with Crippen LogP contribution in [0.25, 0.3) is 0 Å². The predicted molar refractivity (Wildman–Crippen MR) is 76.4 cm³/mol. The van der Waals surface area contributed by atoms with E-state index in [9.17, 15) is 4.79 Å². The first-order valence-corrected chi connectivity index (χ1v) is 6.59. The van der Waals surface area contributed by atoms with Crippen LogP contribution in [-0.2, 0) is 11.2 Å². The zero-order valence-electron chi connectivity index (χ0n) is 10.6. The number of rotatable bonds is 4. The number of hydrogen-bond acceptors (Lipinski definition) is 2. The molecule has 2 atom stereocenters. The number of hydrogen-bond donors (Lipinski definition) is 2. The van der Waals surface area contributed by atoms with Crippen molar-refractivity contribution in [3.63, 3.8) is 0 Å². The van der Waals surface area contributed by atoms with Gasteiger partial charge in [0.05, 0.1) is 16.9 Å². The van der Waals surface area contributed by atoms with Gasteiger partial charge in [-0.2, -0.15) is 0 Å². The van der Waals surface area contributed by atoms with Gasteiger partial charge in [-0.25, -0.2) is 0 Å². The van der Waals surface area contributed by atoms with Gasteiger partial charge in [0, 0.05) is 0 Å². The van der Waals surface area contributed by atoms with Crippen molar-refractivity contribution in [2.75, 3.05) is 0 Å². The number of fused-ring (bicyclic) bond motifs is 1. The Morgan fingerprint density at radius 3 is 2.67 bits per heavy atom. The van der Waals surface area contributed by atoms with Gasteiger partial charge in [0.1, 0.15) is 0 Å². The van der Waals surface area contributed by atoms with Crippen LogP contribution in [0.5, 0.6) is 0 Å². The highest BCUT2D eigenvalue weighted by Crippen LogP contribution is 2.34. The highest BCUT2D eigenvalue weighted by Gasteiger charge is 2.33. The van der Waals surface area contributed by atoms with Gasteiger partial charge in [-0.3, -0.25) is 4.79 Å². The Morgan fingerprint density at radius 1 is 1.44 bits per heavy atom. The number of thiocarbonyl (C=S) groups is 1. The summed E-state index contributed by atoms with van der Waals surface area (Å²) in [6.07, 6.45) is 0.810. The van der Waals surface area contributed by atoms with E-state index in [1.54, 1.807) is 0 Å². The summed E-state index contributed by atoms with van der Waals surface area (Å²) < 4.78 is 0. The van der Waals surface area contributed by atoms with E-state index in [4.69, 9.17) is 18.0 Å². The van der Waals surface area contributed by atoms with Crippen LogP contribution in [-0.4, -0.2) is 16.9 Å². The topological polar surface area (TPSA) is 55.1 Å². The molecule has 4 heteroatoms. The number of carbonyl (C=O) groups is 1. The Hall–Kier alpha value is -1.42. The summed E-state index contributed by atoms with van der Waals surface area (Å²) >= 11 is 4.99. The minimum absolute atomic E-state index is 0.0280. The van der Waals surface area contributed by atoms with Gasteiger partial charge in [-0.1, -0.05) is 50.3 Å². The first kappa shape index (κ1) is 13.0. The maximum atomic E-state index is 12.2. The van der Waals surface area contributed by atoms with Crippen molar-refractivity contribution in [2.45, 2.75) is 32.2 Å². The molecule has 1 aromatic carbocycles. The maximum Gasteiger partial charge on any atom is 0.228 e. The lowest BCUT2D eigenvalue weighted by atomic mass is 9.77. The first-order chi connectivity index (χ1) is 8.50. The average molecular weight is 262 g/mol. The minimum Gasteiger partial charge on any atom is -0.392 e. The summed E-state index contributed by atoms with van der Waals surface area (Å²) in [5.74, 6) is 0.193. The third-order valence-corrected chi connectivity index (χ3v) is 3.70. The molecule has 3 N–H and O–H groups in total. The molecule has 0 spiro atoms.